The van der Waals surface area contributed by atoms with Gasteiger partial charge in [-0.15, -0.1) is 0 Å². The number of nitrogens with one attached hydrogen (secondary N) is 1. The first kappa shape index (κ1) is 22.1. The Labute approximate surface area is 172 Å². The van der Waals surface area contributed by atoms with Crippen molar-refractivity contribution in [2.75, 3.05) is 19.7 Å². The van der Waals surface area contributed by atoms with Crippen LogP contribution < -0.4 is 9.46 Å². The third-order valence-corrected chi connectivity index (χ3v) is 6.35. The van der Waals surface area contributed by atoms with Crippen LogP contribution in [0.2, 0.25) is 0 Å². The van der Waals surface area contributed by atoms with Crippen LogP contribution in [0.15, 0.2) is 41.3 Å². The number of hydrogen-bond acceptors (Lipinski definition) is 4. The molecule has 0 radical (unpaired) electrons. The molecule has 0 aromatic heterocycles. The maximum absolute atomic E-state index is 13.9. The Kier molecular flexibility index (Phi) is 6.67. The van der Waals surface area contributed by atoms with E-state index in [0.717, 1.165) is 6.07 Å². The number of piperidine rings is 1. The summed E-state index contributed by atoms with van der Waals surface area (Å²) in [6, 6.07) is 7.20. The highest BCUT2D eigenvalue weighted by Crippen LogP contribution is 2.21. The van der Waals surface area contributed by atoms with Gasteiger partial charge in [-0.1, -0.05) is 0 Å². The first-order valence-corrected chi connectivity index (χ1v) is 10.9. The molecule has 0 saturated carbocycles. The maximum Gasteiger partial charge on any atom is 0.256 e. The molecule has 0 spiro atoms. The third-order valence-electron chi connectivity index (χ3n) is 4.81. The number of amides is 1. The summed E-state index contributed by atoms with van der Waals surface area (Å²) in [5.41, 5.74) is -0.553. The minimum Gasteiger partial charge on any atom is -0.494 e. The van der Waals surface area contributed by atoms with Gasteiger partial charge >= 0.3 is 0 Å². The number of rotatable bonds is 6. The van der Waals surface area contributed by atoms with Crippen LogP contribution in [0.5, 0.6) is 5.75 Å². The van der Waals surface area contributed by atoms with Crippen molar-refractivity contribution < 1.29 is 31.1 Å². The number of benzene rings is 2. The molecule has 1 amide bonds. The van der Waals surface area contributed by atoms with Crippen LogP contribution in [-0.2, 0) is 10.0 Å². The lowest BCUT2D eigenvalue weighted by atomic mass is 10.0. The standard InChI is InChI=1S/C20H21F3N2O4S/c1-2-29-14-3-5-15(6-4-14)30(27,28)24-13-9-11-25(12-10-13)20(26)16-7-8-17(21)19(23)18(16)22/h3-8,13,24H,2,9-12H2,1H3. The summed E-state index contributed by atoms with van der Waals surface area (Å²) >= 11 is 0. The van der Waals surface area contributed by atoms with E-state index in [9.17, 15) is 26.4 Å². The second-order valence-corrected chi connectivity index (χ2v) is 8.53. The zero-order chi connectivity index (χ0) is 21.9. The van der Waals surface area contributed by atoms with Crippen LogP contribution in [0.1, 0.15) is 30.1 Å². The maximum atomic E-state index is 13.9. The van der Waals surface area contributed by atoms with Crippen LogP contribution in [0, 0.1) is 17.5 Å². The van der Waals surface area contributed by atoms with Gasteiger partial charge in [0.25, 0.3) is 5.91 Å². The van der Waals surface area contributed by atoms with Crippen molar-refractivity contribution in [3.8, 4) is 5.75 Å². The molecule has 1 aliphatic heterocycles. The first-order valence-electron chi connectivity index (χ1n) is 9.41. The quantitative estimate of drug-likeness (QED) is 0.698. The number of halogens is 3. The number of likely N-dealkylation sites (tertiary alicyclic amines) is 1. The van der Waals surface area contributed by atoms with Gasteiger partial charge in [0.2, 0.25) is 10.0 Å². The van der Waals surface area contributed by atoms with Gasteiger partial charge < -0.3 is 9.64 Å². The fourth-order valence-electron chi connectivity index (χ4n) is 3.23. The molecule has 6 nitrogen and oxygen atoms in total. The van der Waals surface area contributed by atoms with Crippen molar-refractivity contribution in [2.24, 2.45) is 0 Å². The molecule has 1 N–H and O–H groups in total. The number of ether oxygens (including phenoxy) is 1. The molecule has 0 unspecified atom stereocenters. The zero-order valence-corrected chi connectivity index (χ0v) is 17.0. The van der Waals surface area contributed by atoms with Gasteiger partial charge in [-0.3, -0.25) is 4.79 Å². The molecule has 2 aromatic rings. The average molecular weight is 442 g/mol. The molecule has 1 fully saturated rings. The van der Waals surface area contributed by atoms with Crippen molar-refractivity contribution in [1.29, 1.82) is 0 Å². The summed E-state index contributed by atoms with van der Waals surface area (Å²) in [4.78, 5) is 13.8. The lowest BCUT2D eigenvalue weighted by Crippen LogP contribution is -2.46. The van der Waals surface area contributed by atoms with Crippen LogP contribution in [0.25, 0.3) is 0 Å². The number of carbonyl (C=O) groups is 1. The van der Waals surface area contributed by atoms with Gasteiger partial charge in [-0.2, -0.15) is 0 Å². The van der Waals surface area contributed by atoms with E-state index in [4.69, 9.17) is 4.74 Å². The summed E-state index contributed by atoms with van der Waals surface area (Å²) in [7, 11) is -3.76. The minimum atomic E-state index is -3.76. The summed E-state index contributed by atoms with van der Waals surface area (Å²) in [6.07, 6.45) is 0.598. The minimum absolute atomic E-state index is 0.0910. The number of carbonyl (C=O) groups excluding carboxylic acids is 1. The van der Waals surface area contributed by atoms with E-state index >= 15 is 0 Å². The molecule has 1 heterocycles. The molecule has 0 atom stereocenters. The summed E-state index contributed by atoms with van der Waals surface area (Å²) < 4.78 is 73.3. The van der Waals surface area contributed by atoms with E-state index in [1.54, 1.807) is 12.1 Å². The third kappa shape index (κ3) is 4.76. The van der Waals surface area contributed by atoms with Crippen molar-refractivity contribution in [3.05, 3.63) is 59.4 Å². The fourth-order valence-corrected chi connectivity index (χ4v) is 4.54. The number of sulfonamides is 1. The van der Waals surface area contributed by atoms with Crippen molar-refractivity contribution >= 4 is 15.9 Å². The lowest BCUT2D eigenvalue weighted by Gasteiger charge is -2.32. The molecule has 1 saturated heterocycles. The second-order valence-electron chi connectivity index (χ2n) is 6.82. The number of nitrogens with zero attached hydrogens (tertiary/aromatic N) is 1. The van der Waals surface area contributed by atoms with Gasteiger partial charge in [-0.25, -0.2) is 26.3 Å². The van der Waals surface area contributed by atoms with Gasteiger partial charge in [0.15, 0.2) is 17.5 Å². The van der Waals surface area contributed by atoms with Gasteiger partial charge in [0.05, 0.1) is 17.1 Å². The first-order chi connectivity index (χ1) is 14.2. The monoisotopic (exact) mass is 442 g/mol. The van der Waals surface area contributed by atoms with Crippen molar-refractivity contribution in [2.45, 2.75) is 30.7 Å². The smallest absolute Gasteiger partial charge is 0.256 e. The second kappa shape index (κ2) is 9.05. The highest BCUT2D eigenvalue weighted by atomic mass is 32.2. The molecule has 10 heteroatoms. The predicted octanol–water partition coefficient (Wildman–Crippen LogP) is 3.09. The Morgan fingerprint density at radius 3 is 2.30 bits per heavy atom. The van der Waals surface area contributed by atoms with Gasteiger partial charge in [-0.05, 0) is 56.2 Å². The van der Waals surface area contributed by atoms with Crippen LogP contribution in [0.4, 0.5) is 13.2 Å². The van der Waals surface area contributed by atoms with E-state index in [0.29, 0.717) is 31.3 Å². The van der Waals surface area contributed by atoms with Gasteiger partial charge in [0, 0.05) is 19.1 Å². The van der Waals surface area contributed by atoms with E-state index in [2.05, 4.69) is 4.72 Å². The van der Waals surface area contributed by atoms with E-state index in [-0.39, 0.29) is 18.0 Å². The SMILES string of the molecule is CCOc1ccc(S(=O)(=O)NC2CCN(C(=O)c3ccc(F)c(F)c3F)CC2)cc1. The van der Waals surface area contributed by atoms with E-state index in [1.807, 2.05) is 6.92 Å². The zero-order valence-electron chi connectivity index (χ0n) is 16.2. The van der Waals surface area contributed by atoms with Crippen molar-refractivity contribution in [3.63, 3.8) is 0 Å². The molecule has 1 aliphatic rings. The Bertz CT molecular complexity index is 1020. The predicted molar refractivity (Wildman–Crippen MR) is 103 cm³/mol. The molecule has 3 rings (SSSR count). The molecule has 162 valence electrons. The Hall–Kier alpha value is -2.59. The summed E-state index contributed by atoms with van der Waals surface area (Å²) in [6.45, 7) is 2.59. The molecule has 0 aliphatic carbocycles. The van der Waals surface area contributed by atoms with E-state index in [1.165, 1.54) is 17.0 Å². The van der Waals surface area contributed by atoms with Gasteiger partial charge in [0.1, 0.15) is 5.75 Å². The van der Waals surface area contributed by atoms with Crippen LogP contribution in [-0.4, -0.2) is 45.0 Å². The Balaban J connectivity index is 1.61. The Morgan fingerprint density at radius 1 is 1.07 bits per heavy atom. The summed E-state index contributed by atoms with van der Waals surface area (Å²) in [5.74, 6) is -4.80. The molecule has 30 heavy (non-hydrogen) atoms. The molecular weight excluding hydrogens is 421 g/mol. The highest BCUT2D eigenvalue weighted by molar-refractivity contribution is 7.89. The average Bonchev–Trinajstić information content (AvgIpc) is 2.73. The largest absolute Gasteiger partial charge is 0.494 e. The summed E-state index contributed by atoms with van der Waals surface area (Å²) in [5, 5.41) is 0. The van der Waals surface area contributed by atoms with Crippen LogP contribution in [0.3, 0.4) is 0 Å². The van der Waals surface area contributed by atoms with Crippen molar-refractivity contribution in [1.82, 2.24) is 9.62 Å². The van der Waals surface area contributed by atoms with E-state index < -0.39 is 45.0 Å². The lowest BCUT2D eigenvalue weighted by molar-refractivity contribution is 0.0705. The topological polar surface area (TPSA) is 75.7 Å². The normalized spacial score (nSPS) is 15.3. The highest BCUT2D eigenvalue weighted by Gasteiger charge is 2.29. The van der Waals surface area contributed by atoms with Crippen LogP contribution >= 0.6 is 0 Å². The molecular formula is C20H21F3N2O4S. The molecule has 2 aromatic carbocycles. The molecule has 0 bridgehead atoms. The Morgan fingerprint density at radius 2 is 1.70 bits per heavy atom. The number of hydrogen-bond donors (Lipinski definition) is 1. The fraction of sp³-hybridized carbons (Fsp3) is 0.350.